The van der Waals surface area contributed by atoms with Crippen LogP contribution in [0.2, 0.25) is 0 Å². The maximum atomic E-state index is 13.3. The molecule has 0 saturated heterocycles. The summed E-state index contributed by atoms with van der Waals surface area (Å²) in [6.07, 6.45) is 3.30. The number of fused-ring (bicyclic) bond motifs is 3. The molecule has 0 fully saturated rings. The van der Waals surface area contributed by atoms with Gasteiger partial charge in [-0.25, -0.2) is 18.6 Å². The van der Waals surface area contributed by atoms with Crippen LogP contribution in [0.1, 0.15) is 5.56 Å². The highest BCUT2D eigenvalue weighted by atomic mass is 19.2. The summed E-state index contributed by atoms with van der Waals surface area (Å²) in [5, 5.41) is 0.790. The summed E-state index contributed by atoms with van der Waals surface area (Å²) >= 11 is 0. The normalized spacial score (nSPS) is 11.5. The summed E-state index contributed by atoms with van der Waals surface area (Å²) in [5.41, 5.74) is 2.11. The van der Waals surface area contributed by atoms with Gasteiger partial charge in [0.2, 0.25) is 0 Å². The minimum Gasteiger partial charge on any atom is -0.346 e. The van der Waals surface area contributed by atoms with Gasteiger partial charge in [-0.3, -0.25) is 4.57 Å². The van der Waals surface area contributed by atoms with Crippen LogP contribution in [0.25, 0.3) is 22.1 Å². The monoisotopic (exact) mass is 300 g/mol. The van der Waals surface area contributed by atoms with E-state index < -0.39 is 11.6 Å². The first kappa shape index (κ1) is 12.8. The van der Waals surface area contributed by atoms with Gasteiger partial charge in [0.25, 0.3) is 0 Å². The Morgan fingerprint density at radius 2 is 2.05 bits per heavy atom. The van der Waals surface area contributed by atoms with Crippen LogP contribution in [0.5, 0.6) is 0 Å². The Hall–Kier alpha value is -2.96. The molecule has 3 heterocycles. The molecule has 0 aliphatic rings. The molecule has 0 spiro atoms. The van der Waals surface area contributed by atoms with Gasteiger partial charge in [0, 0.05) is 11.6 Å². The molecule has 0 aliphatic heterocycles. The smallest absolute Gasteiger partial charge is 0.326 e. The van der Waals surface area contributed by atoms with Gasteiger partial charge in [-0.05, 0) is 23.8 Å². The maximum Gasteiger partial charge on any atom is 0.326 e. The number of H-pyrrole nitrogens is 2. The summed E-state index contributed by atoms with van der Waals surface area (Å²) in [6, 6.07) is 5.42. The van der Waals surface area contributed by atoms with Gasteiger partial charge in [-0.15, -0.1) is 0 Å². The molecule has 1 aromatic carbocycles. The summed E-state index contributed by atoms with van der Waals surface area (Å²) in [7, 11) is 0. The molecule has 0 unspecified atom stereocenters. The second-order valence-electron chi connectivity index (χ2n) is 5.03. The molecule has 22 heavy (non-hydrogen) atoms. The van der Waals surface area contributed by atoms with Crippen molar-refractivity contribution in [2.45, 2.75) is 6.54 Å². The molecule has 7 heteroatoms. The van der Waals surface area contributed by atoms with Crippen LogP contribution in [0.4, 0.5) is 8.78 Å². The molecule has 5 nitrogen and oxygen atoms in total. The number of halogens is 2. The first-order valence-electron chi connectivity index (χ1n) is 6.62. The SMILES string of the molecule is O=c1[nH]c2cnc3[nH]ccc3c2n1Cc1ccc(F)c(F)c1. The number of aromatic nitrogens is 4. The molecule has 0 amide bonds. The zero-order chi connectivity index (χ0) is 15.3. The van der Waals surface area contributed by atoms with E-state index in [1.165, 1.54) is 10.6 Å². The van der Waals surface area contributed by atoms with Gasteiger partial charge in [0.1, 0.15) is 5.65 Å². The number of aromatic amines is 2. The third-order valence-corrected chi connectivity index (χ3v) is 3.64. The van der Waals surface area contributed by atoms with Crippen molar-refractivity contribution in [2.24, 2.45) is 0 Å². The molecule has 0 atom stereocenters. The molecular weight excluding hydrogens is 290 g/mol. The topological polar surface area (TPSA) is 66.5 Å². The first-order chi connectivity index (χ1) is 10.6. The fraction of sp³-hybridized carbons (Fsp3) is 0.0667. The van der Waals surface area contributed by atoms with Gasteiger partial charge in [-0.2, -0.15) is 0 Å². The zero-order valence-electron chi connectivity index (χ0n) is 11.2. The zero-order valence-corrected chi connectivity index (χ0v) is 11.2. The Morgan fingerprint density at radius 3 is 2.86 bits per heavy atom. The number of rotatable bonds is 2. The van der Waals surface area contributed by atoms with Crippen molar-refractivity contribution in [3.05, 3.63) is 64.3 Å². The van der Waals surface area contributed by atoms with Crippen LogP contribution < -0.4 is 5.69 Å². The molecule has 110 valence electrons. The summed E-state index contributed by atoms with van der Waals surface area (Å²) in [4.78, 5) is 22.1. The van der Waals surface area contributed by atoms with E-state index in [-0.39, 0.29) is 12.2 Å². The molecule has 0 aliphatic carbocycles. The number of nitrogens with zero attached hydrogens (tertiary/aromatic N) is 2. The molecule has 0 saturated carbocycles. The second kappa shape index (κ2) is 4.52. The number of nitrogens with one attached hydrogen (secondary N) is 2. The average molecular weight is 300 g/mol. The lowest BCUT2D eigenvalue weighted by Gasteiger charge is -2.05. The predicted molar refractivity (Wildman–Crippen MR) is 77.7 cm³/mol. The van der Waals surface area contributed by atoms with E-state index in [0.29, 0.717) is 22.2 Å². The Kier molecular flexibility index (Phi) is 2.62. The van der Waals surface area contributed by atoms with E-state index in [1.54, 1.807) is 12.4 Å². The summed E-state index contributed by atoms with van der Waals surface area (Å²) < 4.78 is 27.8. The van der Waals surface area contributed by atoms with Crippen molar-refractivity contribution in [1.82, 2.24) is 19.5 Å². The number of pyridine rings is 1. The van der Waals surface area contributed by atoms with E-state index in [4.69, 9.17) is 0 Å². The highest BCUT2D eigenvalue weighted by Gasteiger charge is 2.13. The van der Waals surface area contributed by atoms with Crippen LogP contribution in [-0.4, -0.2) is 19.5 Å². The molecule has 2 N–H and O–H groups in total. The lowest BCUT2D eigenvalue weighted by Crippen LogP contribution is -2.17. The van der Waals surface area contributed by atoms with E-state index in [1.807, 2.05) is 6.07 Å². The van der Waals surface area contributed by atoms with Crippen molar-refractivity contribution >= 4 is 22.1 Å². The molecule has 4 aromatic rings. The summed E-state index contributed by atoms with van der Waals surface area (Å²) in [6.45, 7) is 0.139. The lowest BCUT2D eigenvalue weighted by atomic mass is 10.2. The molecular formula is C15H10F2N4O. The van der Waals surface area contributed by atoms with Crippen molar-refractivity contribution < 1.29 is 8.78 Å². The summed E-state index contributed by atoms with van der Waals surface area (Å²) in [5.74, 6) is -1.84. The van der Waals surface area contributed by atoms with Crippen LogP contribution in [0.15, 0.2) is 41.5 Å². The van der Waals surface area contributed by atoms with Crippen LogP contribution >= 0.6 is 0 Å². The second-order valence-corrected chi connectivity index (χ2v) is 5.03. The fourth-order valence-corrected chi connectivity index (χ4v) is 2.63. The average Bonchev–Trinajstić information content (AvgIpc) is 3.07. The quantitative estimate of drug-likeness (QED) is 0.597. The lowest BCUT2D eigenvalue weighted by molar-refractivity contribution is 0.506. The third-order valence-electron chi connectivity index (χ3n) is 3.64. The minimum absolute atomic E-state index is 0.139. The minimum atomic E-state index is -0.932. The third kappa shape index (κ3) is 1.82. The van der Waals surface area contributed by atoms with Crippen LogP contribution in [-0.2, 0) is 6.54 Å². The van der Waals surface area contributed by atoms with Gasteiger partial charge in [-0.1, -0.05) is 6.07 Å². The van der Waals surface area contributed by atoms with Crippen molar-refractivity contribution in [1.29, 1.82) is 0 Å². The fourth-order valence-electron chi connectivity index (χ4n) is 2.63. The van der Waals surface area contributed by atoms with Gasteiger partial charge in [0.15, 0.2) is 11.6 Å². The largest absolute Gasteiger partial charge is 0.346 e. The molecule has 4 rings (SSSR count). The Bertz CT molecular complexity index is 1060. The molecule has 3 aromatic heterocycles. The maximum absolute atomic E-state index is 13.3. The van der Waals surface area contributed by atoms with Gasteiger partial charge < -0.3 is 9.97 Å². The molecule has 0 radical (unpaired) electrons. The Labute approximate surface area is 122 Å². The van der Waals surface area contributed by atoms with Gasteiger partial charge >= 0.3 is 5.69 Å². The van der Waals surface area contributed by atoms with Gasteiger partial charge in [0.05, 0.1) is 23.8 Å². The van der Waals surface area contributed by atoms with Crippen molar-refractivity contribution in [3.8, 4) is 0 Å². The predicted octanol–water partition coefficient (Wildman–Crippen LogP) is 2.53. The van der Waals surface area contributed by atoms with E-state index in [0.717, 1.165) is 17.5 Å². The van der Waals surface area contributed by atoms with Crippen LogP contribution in [0, 0.1) is 11.6 Å². The number of hydrogen-bond donors (Lipinski definition) is 2. The first-order valence-corrected chi connectivity index (χ1v) is 6.62. The standard InChI is InChI=1S/C15H10F2N4O/c16-10-2-1-8(5-11(10)17)7-21-13-9-3-4-18-14(9)19-6-12(13)20-15(21)22/h1-6H,7H2,(H,18,19)(H,20,22). The Morgan fingerprint density at radius 1 is 1.18 bits per heavy atom. The van der Waals surface area contributed by atoms with E-state index in [2.05, 4.69) is 15.0 Å². The number of imidazole rings is 1. The highest BCUT2D eigenvalue weighted by Crippen LogP contribution is 2.21. The van der Waals surface area contributed by atoms with E-state index in [9.17, 15) is 13.6 Å². The number of hydrogen-bond acceptors (Lipinski definition) is 2. The van der Waals surface area contributed by atoms with E-state index >= 15 is 0 Å². The number of benzene rings is 1. The van der Waals surface area contributed by atoms with Crippen LogP contribution in [0.3, 0.4) is 0 Å². The highest BCUT2D eigenvalue weighted by molar-refractivity contribution is 6.00. The van der Waals surface area contributed by atoms with Crippen molar-refractivity contribution in [3.63, 3.8) is 0 Å². The Balaban J connectivity index is 1.93. The molecule has 0 bridgehead atoms. The van der Waals surface area contributed by atoms with Crippen molar-refractivity contribution in [2.75, 3.05) is 0 Å².